The summed E-state index contributed by atoms with van der Waals surface area (Å²) in [6, 6.07) is 11.8. The summed E-state index contributed by atoms with van der Waals surface area (Å²) in [6.45, 7) is 7.21. The zero-order valence-corrected chi connectivity index (χ0v) is 19.6. The molecular formula is C22H23IN2O3S. The molecule has 0 saturated carbocycles. The van der Waals surface area contributed by atoms with Crippen molar-refractivity contribution in [2.75, 3.05) is 13.2 Å². The average Bonchev–Trinajstić information content (AvgIpc) is 3.02. The van der Waals surface area contributed by atoms with Crippen LogP contribution in [0.3, 0.4) is 0 Å². The van der Waals surface area contributed by atoms with Gasteiger partial charge in [-0.15, -0.1) is 0 Å². The van der Waals surface area contributed by atoms with Crippen LogP contribution in [0, 0.1) is 10.5 Å². The zero-order valence-electron chi connectivity index (χ0n) is 16.6. The van der Waals surface area contributed by atoms with Crippen molar-refractivity contribution in [2.24, 2.45) is 4.99 Å². The van der Waals surface area contributed by atoms with Crippen LogP contribution in [0.1, 0.15) is 31.4 Å². The van der Waals surface area contributed by atoms with Crippen molar-refractivity contribution in [2.45, 2.75) is 27.2 Å². The fraction of sp³-hybridized carbons (Fsp3) is 0.273. The second-order valence-electron chi connectivity index (χ2n) is 6.43. The minimum Gasteiger partial charge on any atom is -0.490 e. The molecule has 1 aliphatic heterocycles. The highest BCUT2D eigenvalue weighted by Gasteiger charge is 2.24. The molecule has 5 nitrogen and oxygen atoms in total. The quantitative estimate of drug-likeness (QED) is 0.376. The molecule has 0 unspecified atom stereocenters. The second kappa shape index (κ2) is 10.2. The molecule has 2 aromatic carbocycles. The first kappa shape index (κ1) is 21.7. The molecule has 0 atom stereocenters. The van der Waals surface area contributed by atoms with Crippen LogP contribution in [0.15, 0.2) is 46.3 Å². The molecule has 3 rings (SSSR count). The van der Waals surface area contributed by atoms with Gasteiger partial charge in [0.25, 0.3) is 5.91 Å². The first-order valence-corrected chi connectivity index (χ1v) is 11.3. The van der Waals surface area contributed by atoms with Crippen molar-refractivity contribution in [1.29, 1.82) is 0 Å². The summed E-state index contributed by atoms with van der Waals surface area (Å²) in [4.78, 5) is 17.5. The van der Waals surface area contributed by atoms with E-state index in [1.165, 1.54) is 17.3 Å². The van der Waals surface area contributed by atoms with E-state index in [1.54, 1.807) is 0 Å². The number of carbonyl (C=O) groups excluding carboxylic acids is 1. The van der Waals surface area contributed by atoms with Gasteiger partial charge in [-0.05, 0) is 90.5 Å². The van der Waals surface area contributed by atoms with E-state index >= 15 is 0 Å². The van der Waals surface area contributed by atoms with Crippen LogP contribution in [0.4, 0.5) is 5.69 Å². The van der Waals surface area contributed by atoms with Gasteiger partial charge in [-0.2, -0.15) is 0 Å². The largest absolute Gasteiger partial charge is 0.490 e. The Labute approximate surface area is 189 Å². The molecule has 0 radical (unpaired) electrons. The Bertz CT molecular complexity index is 955. The fourth-order valence-electron chi connectivity index (χ4n) is 2.65. The number of nitrogens with zero attached hydrogens (tertiary/aromatic N) is 1. The SMILES string of the molecule is CCCOc1c(I)cc(/C=C2\SC(=Nc3ccc(C)cc3)NC2=O)cc1OCC. The minimum atomic E-state index is -0.153. The van der Waals surface area contributed by atoms with Gasteiger partial charge in [-0.25, -0.2) is 4.99 Å². The van der Waals surface area contributed by atoms with Crippen molar-refractivity contribution < 1.29 is 14.3 Å². The summed E-state index contributed by atoms with van der Waals surface area (Å²) < 4.78 is 12.6. The van der Waals surface area contributed by atoms with E-state index in [-0.39, 0.29) is 5.91 Å². The van der Waals surface area contributed by atoms with Gasteiger partial charge in [0.15, 0.2) is 16.7 Å². The molecule has 0 aromatic heterocycles. The van der Waals surface area contributed by atoms with E-state index in [0.717, 1.165) is 27.0 Å². The number of aliphatic imine (C=N–C) groups is 1. The highest BCUT2D eigenvalue weighted by molar-refractivity contribution is 14.1. The number of benzene rings is 2. The molecule has 7 heteroatoms. The fourth-order valence-corrected chi connectivity index (χ4v) is 4.27. The number of halogens is 1. The van der Waals surface area contributed by atoms with Crippen LogP contribution in [0.25, 0.3) is 6.08 Å². The Morgan fingerprint density at radius 1 is 1.17 bits per heavy atom. The van der Waals surface area contributed by atoms with Crippen molar-refractivity contribution in [1.82, 2.24) is 5.32 Å². The predicted molar refractivity (Wildman–Crippen MR) is 128 cm³/mol. The van der Waals surface area contributed by atoms with Crippen molar-refractivity contribution in [3.8, 4) is 11.5 Å². The van der Waals surface area contributed by atoms with Gasteiger partial charge in [0.05, 0.1) is 27.4 Å². The molecule has 1 amide bonds. The van der Waals surface area contributed by atoms with Gasteiger partial charge in [0, 0.05) is 0 Å². The number of amides is 1. The van der Waals surface area contributed by atoms with Crippen molar-refractivity contribution in [3.63, 3.8) is 0 Å². The summed E-state index contributed by atoms with van der Waals surface area (Å²) >= 11 is 3.57. The molecule has 1 heterocycles. The number of nitrogens with one attached hydrogen (secondary N) is 1. The molecule has 1 aliphatic rings. The first-order chi connectivity index (χ1) is 14.0. The summed E-state index contributed by atoms with van der Waals surface area (Å²) in [6.07, 6.45) is 2.78. The van der Waals surface area contributed by atoms with Gasteiger partial charge in [0.2, 0.25) is 0 Å². The van der Waals surface area contributed by atoms with Crippen LogP contribution < -0.4 is 14.8 Å². The molecule has 1 saturated heterocycles. The molecular weight excluding hydrogens is 499 g/mol. The zero-order chi connectivity index (χ0) is 20.8. The van der Waals surface area contributed by atoms with Crippen molar-refractivity contribution >= 4 is 57.2 Å². The highest BCUT2D eigenvalue weighted by atomic mass is 127. The number of aryl methyl sites for hydroxylation is 1. The molecule has 0 aliphatic carbocycles. The van der Waals surface area contributed by atoms with E-state index in [9.17, 15) is 4.79 Å². The Morgan fingerprint density at radius 3 is 2.62 bits per heavy atom. The third-order valence-electron chi connectivity index (χ3n) is 4.00. The lowest BCUT2D eigenvalue weighted by Gasteiger charge is -2.14. The lowest BCUT2D eigenvalue weighted by Crippen LogP contribution is -2.19. The molecule has 1 N–H and O–H groups in total. The Balaban J connectivity index is 1.85. The Hall–Kier alpha value is -2.00. The Kier molecular flexibility index (Phi) is 7.60. The number of hydrogen-bond donors (Lipinski definition) is 1. The number of amidine groups is 1. The number of carbonyl (C=O) groups is 1. The monoisotopic (exact) mass is 522 g/mol. The summed E-state index contributed by atoms with van der Waals surface area (Å²) in [5, 5.41) is 3.41. The molecule has 29 heavy (non-hydrogen) atoms. The normalized spacial score (nSPS) is 16.3. The van der Waals surface area contributed by atoms with Gasteiger partial charge >= 0.3 is 0 Å². The van der Waals surface area contributed by atoms with Crippen molar-refractivity contribution in [3.05, 3.63) is 56.0 Å². The van der Waals surface area contributed by atoms with E-state index in [1.807, 2.05) is 56.3 Å². The maximum atomic E-state index is 12.4. The van der Waals surface area contributed by atoms with Crippen LogP contribution in [0.2, 0.25) is 0 Å². The second-order valence-corrected chi connectivity index (χ2v) is 8.62. The van der Waals surface area contributed by atoms with E-state index in [2.05, 4.69) is 39.8 Å². The van der Waals surface area contributed by atoms with E-state index in [4.69, 9.17) is 9.47 Å². The van der Waals surface area contributed by atoms with Gasteiger partial charge in [-0.3, -0.25) is 4.79 Å². The Morgan fingerprint density at radius 2 is 1.93 bits per heavy atom. The number of rotatable bonds is 7. The molecule has 1 fully saturated rings. The van der Waals surface area contributed by atoms with Crippen LogP contribution in [-0.2, 0) is 4.79 Å². The third-order valence-corrected chi connectivity index (χ3v) is 5.71. The smallest absolute Gasteiger partial charge is 0.264 e. The van der Waals surface area contributed by atoms with Gasteiger partial charge < -0.3 is 14.8 Å². The topological polar surface area (TPSA) is 59.9 Å². The molecule has 0 bridgehead atoms. The lowest BCUT2D eigenvalue weighted by molar-refractivity contribution is -0.115. The highest BCUT2D eigenvalue weighted by Crippen LogP contribution is 2.36. The minimum absolute atomic E-state index is 0.153. The summed E-state index contributed by atoms with van der Waals surface area (Å²) in [5.41, 5.74) is 2.87. The average molecular weight is 522 g/mol. The number of hydrogen-bond acceptors (Lipinski definition) is 5. The standard InChI is InChI=1S/C22H23IN2O3S/c1-4-10-28-20-17(23)11-15(12-18(20)27-5-2)13-19-21(26)25-22(29-19)24-16-8-6-14(3)7-9-16/h6-9,11-13H,4-5,10H2,1-3H3,(H,24,25,26)/b19-13-. The third kappa shape index (κ3) is 5.76. The number of ether oxygens (including phenoxy) is 2. The van der Waals surface area contributed by atoms with E-state index < -0.39 is 0 Å². The first-order valence-electron chi connectivity index (χ1n) is 9.45. The van der Waals surface area contributed by atoms with Crippen LogP contribution in [-0.4, -0.2) is 24.3 Å². The molecule has 2 aromatic rings. The predicted octanol–water partition coefficient (Wildman–Crippen LogP) is 5.68. The maximum Gasteiger partial charge on any atom is 0.264 e. The summed E-state index contributed by atoms with van der Waals surface area (Å²) in [7, 11) is 0. The number of thioether (sulfide) groups is 1. The maximum absolute atomic E-state index is 12.4. The lowest BCUT2D eigenvalue weighted by atomic mass is 10.2. The molecule has 152 valence electrons. The summed E-state index contributed by atoms with van der Waals surface area (Å²) in [5.74, 6) is 1.29. The molecule has 0 spiro atoms. The van der Waals surface area contributed by atoms with E-state index in [0.29, 0.717) is 29.0 Å². The van der Waals surface area contributed by atoms with Gasteiger partial charge in [-0.1, -0.05) is 24.6 Å². The van der Waals surface area contributed by atoms with Crippen LogP contribution in [0.5, 0.6) is 11.5 Å². The van der Waals surface area contributed by atoms with Gasteiger partial charge in [0.1, 0.15) is 0 Å². The van der Waals surface area contributed by atoms with Crippen LogP contribution >= 0.6 is 34.4 Å².